The van der Waals surface area contributed by atoms with E-state index >= 15 is 0 Å². The molecule has 0 aliphatic heterocycles. The second-order valence-corrected chi connectivity index (χ2v) is 6.61. The molecule has 0 bridgehead atoms. The van der Waals surface area contributed by atoms with Crippen molar-refractivity contribution >= 4 is 12.2 Å². The molecule has 0 spiro atoms. The monoisotopic (exact) mass is 411 g/mol. The number of methoxy groups -OCH3 is 1. The summed E-state index contributed by atoms with van der Waals surface area (Å²) in [5.41, 5.74) is 6.46. The van der Waals surface area contributed by atoms with Crippen molar-refractivity contribution in [3.8, 4) is 22.8 Å². The zero-order valence-corrected chi connectivity index (χ0v) is 17.0. The van der Waals surface area contributed by atoms with Crippen molar-refractivity contribution < 1.29 is 9.47 Å². The Morgan fingerprint density at radius 2 is 1.65 bits per heavy atom. The number of hydrazone groups is 1. The smallest absolute Gasteiger partial charge is 0.263 e. The van der Waals surface area contributed by atoms with E-state index < -0.39 is 0 Å². The summed E-state index contributed by atoms with van der Waals surface area (Å²) < 4.78 is 11.0. The predicted molar refractivity (Wildman–Crippen MR) is 120 cm³/mol. The first-order chi connectivity index (χ1) is 15.3. The highest BCUT2D eigenvalue weighted by Crippen LogP contribution is 2.20. The highest BCUT2D eigenvalue weighted by molar-refractivity contribution is 5.80. The first-order valence-electron chi connectivity index (χ1n) is 9.70. The second-order valence-electron chi connectivity index (χ2n) is 6.61. The normalized spacial score (nSPS) is 10.7. The topological polar surface area (TPSA) is 81.5 Å². The lowest BCUT2D eigenvalue weighted by Gasteiger charge is -2.06. The van der Waals surface area contributed by atoms with Crippen molar-refractivity contribution in [2.75, 3.05) is 12.5 Å². The van der Waals surface area contributed by atoms with Crippen LogP contribution in [-0.2, 0) is 6.61 Å². The molecule has 0 fully saturated rings. The second kappa shape index (κ2) is 9.98. The number of aromatic nitrogens is 3. The van der Waals surface area contributed by atoms with E-state index in [-0.39, 0.29) is 0 Å². The summed E-state index contributed by atoms with van der Waals surface area (Å²) in [6.45, 7) is 0.532. The molecular weight excluding hydrogens is 390 g/mol. The molecular formula is C24H21N5O2. The number of rotatable bonds is 8. The third kappa shape index (κ3) is 5.63. The summed E-state index contributed by atoms with van der Waals surface area (Å²) in [7, 11) is 1.63. The van der Waals surface area contributed by atoms with E-state index in [1.807, 2.05) is 78.9 Å². The molecule has 1 heterocycles. The van der Waals surface area contributed by atoms with Crippen LogP contribution in [0.15, 0.2) is 90.2 Å². The molecule has 4 aromatic rings. The number of hydrogen-bond donors (Lipinski definition) is 1. The zero-order chi connectivity index (χ0) is 21.3. The number of benzene rings is 3. The first-order valence-corrected chi connectivity index (χ1v) is 9.70. The number of hydrogen-bond acceptors (Lipinski definition) is 7. The Labute approximate surface area is 180 Å². The molecule has 0 atom stereocenters. The molecule has 7 heteroatoms. The molecule has 31 heavy (non-hydrogen) atoms. The van der Waals surface area contributed by atoms with Crippen molar-refractivity contribution in [1.29, 1.82) is 0 Å². The van der Waals surface area contributed by atoms with Gasteiger partial charge in [0.2, 0.25) is 0 Å². The van der Waals surface area contributed by atoms with Crippen LogP contribution in [0.4, 0.5) is 5.95 Å². The summed E-state index contributed by atoms with van der Waals surface area (Å²) >= 11 is 0. The Bertz CT molecular complexity index is 1130. The van der Waals surface area contributed by atoms with E-state index in [0.29, 0.717) is 18.2 Å². The van der Waals surface area contributed by atoms with Crippen molar-refractivity contribution in [3.63, 3.8) is 0 Å². The first kappa shape index (κ1) is 20.0. The van der Waals surface area contributed by atoms with Crippen LogP contribution < -0.4 is 14.9 Å². The fourth-order valence-electron chi connectivity index (χ4n) is 2.81. The molecule has 0 saturated carbocycles. The summed E-state index contributed by atoms with van der Waals surface area (Å²) in [6.07, 6.45) is 3.29. The quantitative estimate of drug-likeness (QED) is 0.338. The minimum atomic E-state index is 0.312. The summed E-state index contributed by atoms with van der Waals surface area (Å²) in [5, 5.41) is 12.2. The molecule has 0 unspecified atom stereocenters. The van der Waals surface area contributed by atoms with Gasteiger partial charge in [0.25, 0.3) is 5.95 Å². The van der Waals surface area contributed by atoms with Crippen LogP contribution in [0.2, 0.25) is 0 Å². The van der Waals surface area contributed by atoms with Crippen molar-refractivity contribution in [3.05, 3.63) is 96.2 Å². The lowest BCUT2D eigenvalue weighted by molar-refractivity contribution is 0.306. The number of ether oxygens (including phenoxy) is 2. The lowest BCUT2D eigenvalue weighted by Crippen LogP contribution is -2.00. The van der Waals surface area contributed by atoms with E-state index in [1.165, 1.54) is 0 Å². The minimum Gasteiger partial charge on any atom is -0.497 e. The van der Waals surface area contributed by atoms with E-state index in [4.69, 9.17) is 9.47 Å². The average Bonchev–Trinajstić information content (AvgIpc) is 2.84. The molecule has 0 aliphatic rings. The van der Waals surface area contributed by atoms with Crippen molar-refractivity contribution in [1.82, 2.24) is 15.2 Å². The summed E-state index contributed by atoms with van der Waals surface area (Å²) in [5.74, 6) is 1.89. The molecule has 0 aliphatic carbocycles. The molecule has 0 saturated heterocycles. The Morgan fingerprint density at radius 1 is 0.903 bits per heavy atom. The van der Waals surface area contributed by atoms with Gasteiger partial charge in [-0.15, -0.1) is 5.10 Å². The average molecular weight is 411 g/mol. The van der Waals surface area contributed by atoms with Gasteiger partial charge in [-0.1, -0.05) is 30.3 Å². The van der Waals surface area contributed by atoms with E-state index in [1.54, 1.807) is 19.5 Å². The van der Waals surface area contributed by atoms with Crippen LogP contribution in [-0.4, -0.2) is 28.5 Å². The van der Waals surface area contributed by atoms with Gasteiger partial charge >= 0.3 is 0 Å². The van der Waals surface area contributed by atoms with Crippen molar-refractivity contribution in [2.45, 2.75) is 6.61 Å². The highest BCUT2D eigenvalue weighted by Gasteiger charge is 2.03. The SMILES string of the molecule is COc1ccc(-c2cnnc(N/N=C/c3ccc(OCc4ccccc4)cc3)n2)cc1. The molecule has 0 radical (unpaired) electrons. The largest absolute Gasteiger partial charge is 0.497 e. The molecule has 0 amide bonds. The van der Waals surface area contributed by atoms with Gasteiger partial charge < -0.3 is 9.47 Å². The fourth-order valence-corrected chi connectivity index (χ4v) is 2.81. The Hall–Kier alpha value is -4.26. The molecule has 1 N–H and O–H groups in total. The number of anilines is 1. The van der Waals surface area contributed by atoms with E-state index in [9.17, 15) is 0 Å². The maximum atomic E-state index is 5.79. The van der Waals surface area contributed by atoms with Gasteiger partial charge in [0.1, 0.15) is 18.1 Å². The third-order valence-corrected chi connectivity index (χ3v) is 4.45. The summed E-state index contributed by atoms with van der Waals surface area (Å²) in [4.78, 5) is 4.44. The molecule has 4 rings (SSSR count). The van der Waals surface area contributed by atoms with Crippen molar-refractivity contribution in [2.24, 2.45) is 5.10 Å². The summed E-state index contributed by atoms with van der Waals surface area (Å²) in [6, 6.07) is 25.3. The predicted octanol–water partition coefficient (Wildman–Crippen LogP) is 4.57. The van der Waals surface area contributed by atoms with Crippen LogP contribution >= 0.6 is 0 Å². The van der Waals surface area contributed by atoms with Gasteiger partial charge in [-0.3, -0.25) is 0 Å². The van der Waals surface area contributed by atoms with Gasteiger partial charge in [0, 0.05) is 5.56 Å². The van der Waals surface area contributed by atoms with Crippen LogP contribution in [0, 0.1) is 0 Å². The minimum absolute atomic E-state index is 0.312. The molecule has 154 valence electrons. The molecule has 3 aromatic carbocycles. The van der Waals surface area contributed by atoms with Gasteiger partial charge in [0.05, 0.1) is 25.2 Å². The van der Waals surface area contributed by atoms with Crippen LogP contribution in [0.25, 0.3) is 11.3 Å². The Morgan fingerprint density at radius 3 is 2.39 bits per heavy atom. The number of nitrogens with zero attached hydrogens (tertiary/aromatic N) is 4. The van der Waals surface area contributed by atoms with Gasteiger partial charge in [0.15, 0.2) is 0 Å². The van der Waals surface area contributed by atoms with Gasteiger partial charge in [-0.05, 0) is 59.7 Å². The maximum Gasteiger partial charge on any atom is 0.263 e. The lowest BCUT2D eigenvalue weighted by atomic mass is 10.1. The van der Waals surface area contributed by atoms with Crippen LogP contribution in [0.1, 0.15) is 11.1 Å². The van der Waals surface area contributed by atoms with E-state index in [2.05, 4.69) is 25.7 Å². The fraction of sp³-hybridized carbons (Fsp3) is 0.0833. The molecule has 7 nitrogen and oxygen atoms in total. The zero-order valence-electron chi connectivity index (χ0n) is 17.0. The van der Waals surface area contributed by atoms with Crippen LogP contribution in [0.3, 0.4) is 0 Å². The van der Waals surface area contributed by atoms with Crippen LogP contribution in [0.5, 0.6) is 11.5 Å². The maximum absolute atomic E-state index is 5.79. The Balaban J connectivity index is 1.34. The third-order valence-electron chi connectivity index (χ3n) is 4.45. The molecule has 1 aromatic heterocycles. The highest BCUT2D eigenvalue weighted by atomic mass is 16.5. The standard InChI is InChI=1S/C24H21N5O2/c1-30-21-13-9-20(10-14-21)23-16-26-29-24(27-23)28-25-15-18-7-11-22(12-8-18)31-17-19-5-3-2-4-6-19/h2-16H,17H2,1H3,(H,27,28,29)/b25-15+. The Kier molecular flexibility index (Phi) is 6.45. The van der Waals surface area contributed by atoms with Gasteiger partial charge in [-0.25, -0.2) is 10.4 Å². The van der Waals surface area contributed by atoms with E-state index in [0.717, 1.165) is 28.2 Å². The van der Waals surface area contributed by atoms with Gasteiger partial charge in [-0.2, -0.15) is 10.2 Å². The number of nitrogens with one attached hydrogen (secondary N) is 1.